The van der Waals surface area contributed by atoms with Crippen molar-refractivity contribution in [2.45, 2.75) is 51.7 Å². The predicted octanol–water partition coefficient (Wildman–Crippen LogP) is 3.24. The molecule has 1 fully saturated rings. The van der Waals surface area contributed by atoms with Gasteiger partial charge in [0.2, 0.25) is 0 Å². The molecule has 1 aliphatic heterocycles. The average molecular weight is 400 g/mol. The van der Waals surface area contributed by atoms with E-state index in [1.807, 2.05) is 13.8 Å². The topological polar surface area (TPSA) is 110 Å². The van der Waals surface area contributed by atoms with Crippen molar-refractivity contribution >= 4 is 17.5 Å². The van der Waals surface area contributed by atoms with Crippen LogP contribution in [0.1, 0.15) is 60.2 Å². The highest BCUT2D eigenvalue weighted by molar-refractivity contribution is 6.27. The molecule has 0 radical (unpaired) electrons. The molecule has 7 nitrogen and oxygen atoms in total. The molecule has 1 aliphatic carbocycles. The Kier molecular flexibility index (Phi) is 6.17. The lowest BCUT2D eigenvalue weighted by atomic mass is 9.85. The van der Waals surface area contributed by atoms with Crippen LogP contribution >= 0.6 is 0 Å². The van der Waals surface area contributed by atoms with Gasteiger partial charge in [0.1, 0.15) is 17.6 Å². The van der Waals surface area contributed by atoms with Crippen molar-refractivity contribution in [1.29, 1.82) is 0 Å². The van der Waals surface area contributed by atoms with Crippen molar-refractivity contribution in [2.75, 3.05) is 6.61 Å². The molecule has 154 valence electrons. The molecule has 1 heterocycles. The minimum atomic E-state index is -1.01. The van der Waals surface area contributed by atoms with Gasteiger partial charge in [0.05, 0.1) is 11.1 Å². The molecule has 29 heavy (non-hydrogen) atoms. The molecule has 0 saturated carbocycles. The van der Waals surface area contributed by atoms with Gasteiger partial charge in [0.15, 0.2) is 17.7 Å². The highest BCUT2D eigenvalue weighted by Crippen LogP contribution is 2.36. The normalized spacial score (nSPS) is 19.8. The highest BCUT2D eigenvalue weighted by Gasteiger charge is 2.36. The van der Waals surface area contributed by atoms with Gasteiger partial charge in [-0.1, -0.05) is 11.6 Å². The van der Waals surface area contributed by atoms with Crippen LogP contribution in [0.4, 0.5) is 0 Å². The number of aromatic hydroxyl groups is 2. The van der Waals surface area contributed by atoms with Gasteiger partial charge in [-0.15, -0.1) is 0 Å². The molecule has 1 unspecified atom stereocenters. The monoisotopic (exact) mass is 400 g/mol. The van der Waals surface area contributed by atoms with Crippen molar-refractivity contribution in [3.05, 3.63) is 46.6 Å². The van der Waals surface area contributed by atoms with Crippen LogP contribution in [0.3, 0.4) is 0 Å². The van der Waals surface area contributed by atoms with Crippen LogP contribution in [0.25, 0.3) is 0 Å². The molecule has 1 aromatic carbocycles. The quantitative estimate of drug-likeness (QED) is 0.443. The number of rotatable bonds is 5. The van der Waals surface area contributed by atoms with E-state index >= 15 is 0 Å². The fourth-order valence-corrected chi connectivity index (χ4v) is 3.45. The number of esters is 1. The Morgan fingerprint density at radius 3 is 2.52 bits per heavy atom. The first-order chi connectivity index (χ1) is 13.8. The first-order valence-electron chi connectivity index (χ1n) is 9.60. The number of phenols is 2. The summed E-state index contributed by atoms with van der Waals surface area (Å²) in [6.45, 7) is 4.20. The van der Waals surface area contributed by atoms with E-state index in [9.17, 15) is 24.6 Å². The highest BCUT2D eigenvalue weighted by atomic mass is 16.6. The smallest absolute Gasteiger partial charge is 0.335 e. The standard InChI is InChI=1S/C22H24O7/c1-12(2)6-9-17(29-22(27)18-5-3-4-10-28-18)13-11-16(25)19-14(23)7-8-15(24)20(19)21(13)26/h6-8,11,17-18,23-24H,3-5,9-10H2,1-2H3/t17-,18?/m1/s1. The zero-order valence-corrected chi connectivity index (χ0v) is 16.4. The van der Waals surface area contributed by atoms with E-state index in [1.165, 1.54) is 0 Å². The Morgan fingerprint density at radius 2 is 1.90 bits per heavy atom. The number of hydrogen-bond donors (Lipinski definition) is 2. The van der Waals surface area contributed by atoms with Gasteiger partial charge in [0.25, 0.3) is 0 Å². The summed E-state index contributed by atoms with van der Waals surface area (Å²) < 4.78 is 11.0. The van der Waals surface area contributed by atoms with Gasteiger partial charge in [-0.05, 0) is 51.3 Å². The minimum absolute atomic E-state index is 0.0370. The van der Waals surface area contributed by atoms with Crippen LogP contribution in [-0.4, -0.2) is 46.6 Å². The molecule has 1 aromatic rings. The molecule has 0 bridgehead atoms. The molecular formula is C22H24O7. The SMILES string of the molecule is CC(C)=CC[C@@H](OC(=O)C1CCCCO1)C1=CC(=O)c2c(O)ccc(O)c2C1=O. The number of ether oxygens (including phenoxy) is 2. The second kappa shape index (κ2) is 8.61. The van der Waals surface area contributed by atoms with Crippen molar-refractivity contribution in [2.24, 2.45) is 0 Å². The Morgan fingerprint density at radius 1 is 1.21 bits per heavy atom. The maximum absolute atomic E-state index is 13.0. The second-order valence-corrected chi connectivity index (χ2v) is 7.44. The van der Waals surface area contributed by atoms with Crippen LogP contribution < -0.4 is 0 Å². The summed E-state index contributed by atoms with van der Waals surface area (Å²) in [4.78, 5) is 38.2. The largest absolute Gasteiger partial charge is 0.507 e. The van der Waals surface area contributed by atoms with Crippen LogP contribution in [0, 0.1) is 0 Å². The molecule has 2 N–H and O–H groups in total. The van der Waals surface area contributed by atoms with E-state index in [0.29, 0.717) is 13.0 Å². The summed E-state index contributed by atoms with van der Waals surface area (Å²) >= 11 is 0. The van der Waals surface area contributed by atoms with Crippen LogP contribution in [-0.2, 0) is 14.3 Å². The summed E-state index contributed by atoms with van der Waals surface area (Å²) in [6, 6.07) is 2.30. The molecule has 0 aromatic heterocycles. The van der Waals surface area contributed by atoms with Crippen molar-refractivity contribution in [3.8, 4) is 11.5 Å². The molecule has 2 aliphatic rings. The van der Waals surface area contributed by atoms with E-state index in [-0.39, 0.29) is 28.9 Å². The second-order valence-electron chi connectivity index (χ2n) is 7.44. The van der Waals surface area contributed by atoms with Crippen molar-refractivity contribution < 1.29 is 34.1 Å². The first-order valence-corrected chi connectivity index (χ1v) is 9.60. The number of fused-ring (bicyclic) bond motifs is 1. The average Bonchev–Trinajstić information content (AvgIpc) is 2.70. The molecule has 7 heteroatoms. The summed E-state index contributed by atoms with van der Waals surface area (Å²) in [6.07, 6.45) is 3.63. The third kappa shape index (κ3) is 4.40. The van der Waals surface area contributed by atoms with Gasteiger partial charge >= 0.3 is 5.97 Å². The van der Waals surface area contributed by atoms with Gasteiger partial charge in [-0.3, -0.25) is 9.59 Å². The van der Waals surface area contributed by atoms with Crippen LogP contribution in [0.15, 0.2) is 35.4 Å². The minimum Gasteiger partial charge on any atom is -0.507 e. The van der Waals surface area contributed by atoms with E-state index < -0.39 is 35.5 Å². The van der Waals surface area contributed by atoms with Crippen molar-refractivity contribution in [3.63, 3.8) is 0 Å². The van der Waals surface area contributed by atoms with Crippen LogP contribution in [0.5, 0.6) is 11.5 Å². The molecule has 1 saturated heterocycles. The lowest BCUT2D eigenvalue weighted by molar-refractivity contribution is -0.163. The van der Waals surface area contributed by atoms with E-state index in [2.05, 4.69) is 0 Å². The maximum Gasteiger partial charge on any atom is 0.335 e. The Bertz CT molecular complexity index is 900. The van der Waals surface area contributed by atoms with E-state index in [1.54, 1.807) is 6.08 Å². The fourth-order valence-electron chi connectivity index (χ4n) is 3.45. The maximum atomic E-state index is 13.0. The zero-order chi connectivity index (χ0) is 21.1. The number of carbonyl (C=O) groups is 3. The first kappa shape index (κ1) is 20.8. The number of hydrogen-bond acceptors (Lipinski definition) is 7. The van der Waals surface area contributed by atoms with Gasteiger partial charge in [-0.2, -0.15) is 0 Å². The third-order valence-corrected chi connectivity index (χ3v) is 4.97. The number of benzene rings is 1. The Labute approximate surface area is 168 Å². The Hall–Kier alpha value is -2.93. The predicted molar refractivity (Wildman–Crippen MR) is 104 cm³/mol. The van der Waals surface area contributed by atoms with Gasteiger partial charge in [0, 0.05) is 18.6 Å². The fraction of sp³-hybridized carbons (Fsp3) is 0.409. The number of carbonyl (C=O) groups excluding carboxylic acids is 3. The molecule has 2 atom stereocenters. The summed E-state index contributed by atoms with van der Waals surface area (Å²) in [5, 5.41) is 20.1. The number of Topliss-reactive ketones (excluding diaryl/α,β-unsaturated/α-hetero) is 1. The number of ketones is 2. The number of phenolic OH excluding ortho intramolecular Hbond substituents is 2. The summed E-state index contributed by atoms with van der Waals surface area (Å²) in [7, 11) is 0. The third-order valence-electron chi connectivity index (χ3n) is 4.97. The Balaban J connectivity index is 1.94. The summed E-state index contributed by atoms with van der Waals surface area (Å²) in [5.74, 6) is -2.67. The van der Waals surface area contributed by atoms with Gasteiger partial charge in [-0.25, -0.2) is 4.79 Å². The van der Waals surface area contributed by atoms with E-state index in [4.69, 9.17) is 9.47 Å². The van der Waals surface area contributed by atoms with Gasteiger partial charge < -0.3 is 19.7 Å². The lowest BCUT2D eigenvalue weighted by Gasteiger charge is -2.26. The van der Waals surface area contributed by atoms with Crippen LogP contribution in [0.2, 0.25) is 0 Å². The molecule has 0 spiro atoms. The zero-order valence-electron chi connectivity index (χ0n) is 16.4. The molecule has 3 rings (SSSR count). The molecular weight excluding hydrogens is 376 g/mol. The van der Waals surface area contributed by atoms with E-state index in [0.717, 1.165) is 36.6 Å². The molecule has 0 amide bonds. The lowest BCUT2D eigenvalue weighted by Crippen LogP contribution is -2.35. The summed E-state index contributed by atoms with van der Waals surface area (Å²) in [5.41, 5.74) is 0.391. The van der Waals surface area contributed by atoms with Crippen molar-refractivity contribution in [1.82, 2.24) is 0 Å². The number of allylic oxidation sites excluding steroid dienone is 2.